The molecule has 0 bridgehead atoms. The molecule has 0 radical (unpaired) electrons. The average Bonchev–Trinajstić information content (AvgIpc) is 3.53. The van der Waals surface area contributed by atoms with Crippen LogP contribution in [0.3, 0.4) is 0 Å². The number of allylic oxidation sites excluding steroid dienone is 6. The van der Waals surface area contributed by atoms with E-state index in [1.807, 2.05) is 13.8 Å². The third kappa shape index (κ3) is 11.5. The first kappa shape index (κ1) is 39.8. The SMILES string of the molecule is CC.CC(C)=C(/C=C\C1=C(C)NCCC1)CCCCC(F)(F)C1CCN(C(C(=O)OC(C)(C)C)c2cc(F)cnc2C2CCCCO2)C1. The molecule has 1 aromatic rings. The van der Waals surface area contributed by atoms with Crippen LogP contribution in [0, 0.1) is 11.7 Å². The maximum Gasteiger partial charge on any atom is 0.328 e. The highest BCUT2D eigenvalue weighted by Gasteiger charge is 2.47. The van der Waals surface area contributed by atoms with E-state index in [2.05, 4.69) is 43.2 Å². The number of nitrogens with zero attached hydrogens (tertiary/aromatic N) is 2. The fraction of sp³-hybridized carbons (Fsp3) is 0.692. The Kier molecular flexibility index (Phi) is 15.2. The first-order valence-corrected chi connectivity index (χ1v) is 18.1. The summed E-state index contributed by atoms with van der Waals surface area (Å²) < 4.78 is 57.8. The van der Waals surface area contributed by atoms with E-state index in [-0.39, 0.29) is 32.0 Å². The van der Waals surface area contributed by atoms with Gasteiger partial charge >= 0.3 is 5.97 Å². The summed E-state index contributed by atoms with van der Waals surface area (Å²) in [6.45, 7) is 17.4. The van der Waals surface area contributed by atoms with E-state index in [4.69, 9.17) is 9.47 Å². The normalized spacial score (nSPS) is 21.4. The largest absolute Gasteiger partial charge is 0.459 e. The summed E-state index contributed by atoms with van der Waals surface area (Å²) in [6, 6.07) is 0.256. The van der Waals surface area contributed by atoms with Gasteiger partial charge in [0.05, 0.1) is 18.0 Å². The number of carbonyl (C=O) groups excluding carboxylic acids is 1. The molecular weight excluding hydrogens is 615 g/mol. The summed E-state index contributed by atoms with van der Waals surface area (Å²) >= 11 is 0. The van der Waals surface area contributed by atoms with Crippen LogP contribution in [0.25, 0.3) is 0 Å². The van der Waals surface area contributed by atoms with Crippen LogP contribution in [-0.2, 0) is 14.3 Å². The third-order valence-electron chi connectivity index (χ3n) is 9.34. The lowest BCUT2D eigenvalue weighted by Crippen LogP contribution is -2.39. The molecule has 0 saturated carbocycles. The third-order valence-corrected chi connectivity index (χ3v) is 9.34. The van der Waals surface area contributed by atoms with Gasteiger partial charge in [-0.05, 0) is 123 Å². The minimum absolute atomic E-state index is 0.0167. The van der Waals surface area contributed by atoms with Crippen molar-refractivity contribution in [1.82, 2.24) is 15.2 Å². The molecule has 3 aliphatic rings. The number of hydrogen-bond acceptors (Lipinski definition) is 6. The lowest BCUT2D eigenvalue weighted by atomic mass is 9.93. The van der Waals surface area contributed by atoms with Crippen LogP contribution in [0.2, 0.25) is 0 Å². The van der Waals surface area contributed by atoms with E-state index < -0.39 is 35.3 Å². The Labute approximate surface area is 287 Å². The topological polar surface area (TPSA) is 63.7 Å². The molecule has 9 heteroatoms. The Morgan fingerprint density at radius 3 is 2.56 bits per heavy atom. The van der Waals surface area contributed by atoms with E-state index in [0.29, 0.717) is 37.1 Å². The molecular formula is C39H60F3N3O3. The standard InChI is InChI=1S/C37H54F3N3O3.C2H6/c1-25(2)27(15-16-28-13-11-19-41-26(28)3)12-7-9-18-37(39,40)29-17-20-43(24-29)34(35(44)46-36(4,5)6)31-22-30(38)23-42-33(31)32-14-8-10-21-45-32;1-2/h15-16,22-23,29,32,34,41H,7-14,17-21,24H2,1-6H3;1-2H3/b16-15-;. The Morgan fingerprint density at radius 1 is 1.17 bits per heavy atom. The molecule has 1 N–H and O–H groups in total. The molecule has 2 fully saturated rings. The lowest BCUT2D eigenvalue weighted by molar-refractivity contribution is -0.162. The first-order chi connectivity index (χ1) is 22.7. The van der Waals surface area contributed by atoms with Gasteiger partial charge in [0.25, 0.3) is 5.92 Å². The Hall–Kier alpha value is -2.65. The number of alkyl halides is 2. The summed E-state index contributed by atoms with van der Waals surface area (Å²) in [5.41, 5.74) is 4.95. The zero-order chi connectivity index (χ0) is 35.5. The number of carbonyl (C=O) groups is 1. The molecule has 6 nitrogen and oxygen atoms in total. The molecule has 0 aromatic carbocycles. The molecule has 0 amide bonds. The van der Waals surface area contributed by atoms with Crippen LogP contribution in [0.15, 0.2) is 46.8 Å². The van der Waals surface area contributed by atoms with Crippen LogP contribution in [-0.4, -0.2) is 53.6 Å². The molecule has 3 unspecified atom stereocenters. The van der Waals surface area contributed by atoms with Crippen molar-refractivity contribution in [2.75, 3.05) is 26.2 Å². The number of likely N-dealkylation sites (tertiary alicyclic amines) is 1. The minimum Gasteiger partial charge on any atom is -0.459 e. The lowest BCUT2D eigenvalue weighted by Gasteiger charge is -2.33. The van der Waals surface area contributed by atoms with Gasteiger partial charge in [-0.25, -0.2) is 18.0 Å². The number of pyridine rings is 1. The van der Waals surface area contributed by atoms with E-state index in [0.717, 1.165) is 44.8 Å². The number of nitrogens with one attached hydrogen (secondary N) is 1. The second-order valence-corrected chi connectivity index (χ2v) is 14.4. The van der Waals surface area contributed by atoms with Gasteiger partial charge in [0, 0.05) is 43.3 Å². The fourth-order valence-electron chi connectivity index (χ4n) is 6.75. The number of esters is 1. The van der Waals surface area contributed by atoms with Gasteiger partial charge in [-0.3, -0.25) is 9.88 Å². The van der Waals surface area contributed by atoms with Crippen LogP contribution in [0.4, 0.5) is 13.2 Å². The molecule has 3 atom stereocenters. The van der Waals surface area contributed by atoms with Gasteiger partial charge in [-0.2, -0.15) is 0 Å². The second kappa shape index (κ2) is 18.4. The highest BCUT2D eigenvalue weighted by molar-refractivity contribution is 5.78. The van der Waals surface area contributed by atoms with Crippen molar-refractivity contribution in [3.8, 4) is 0 Å². The first-order valence-electron chi connectivity index (χ1n) is 18.1. The molecule has 270 valence electrons. The van der Waals surface area contributed by atoms with E-state index in [1.54, 1.807) is 25.7 Å². The summed E-state index contributed by atoms with van der Waals surface area (Å²) in [5.74, 6) is -4.97. The van der Waals surface area contributed by atoms with Crippen LogP contribution in [0.1, 0.15) is 143 Å². The Balaban J connectivity index is 0.00000307. The van der Waals surface area contributed by atoms with Crippen LogP contribution >= 0.6 is 0 Å². The van der Waals surface area contributed by atoms with Crippen LogP contribution in [0.5, 0.6) is 0 Å². The second-order valence-electron chi connectivity index (χ2n) is 14.4. The monoisotopic (exact) mass is 675 g/mol. The average molecular weight is 676 g/mol. The number of unbranched alkanes of at least 4 members (excludes halogenated alkanes) is 1. The van der Waals surface area contributed by atoms with Crippen molar-refractivity contribution in [3.63, 3.8) is 0 Å². The summed E-state index contributed by atoms with van der Waals surface area (Å²) in [7, 11) is 0. The number of halogens is 3. The fourth-order valence-corrected chi connectivity index (χ4v) is 6.75. The Bertz CT molecular complexity index is 1290. The smallest absolute Gasteiger partial charge is 0.328 e. The predicted octanol–water partition coefficient (Wildman–Crippen LogP) is 9.94. The number of hydrogen-bond donors (Lipinski definition) is 1. The number of aromatic nitrogens is 1. The van der Waals surface area contributed by atoms with Crippen molar-refractivity contribution < 1.29 is 27.4 Å². The molecule has 4 heterocycles. The van der Waals surface area contributed by atoms with Crippen molar-refractivity contribution in [3.05, 3.63) is 63.9 Å². The zero-order valence-electron chi connectivity index (χ0n) is 30.7. The van der Waals surface area contributed by atoms with Crippen molar-refractivity contribution in [1.29, 1.82) is 0 Å². The van der Waals surface area contributed by atoms with Crippen molar-refractivity contribution in [2.24, 2.45) is 5.92 Å². The van der Waals surface area contributed by atoms with E-state index in [1.165, 1.54) is 28.5 Å². The van der Waals surface area contributed by atoms with Gasteiger partial charge in [0.1, 0.15) is 17.5 Å². The molecule has 1 aromatic heterocycles. The molecule has 4 rings (SSSR count). The zero-order valence-corrected chi connectivity index (χ0v) is 30.7. The molecule has 48 heavy (non-hydrogen) atoms. The summed E-state index contributed by atoms with van der Waals surface area (Å²) in [6.07, 6.45) is 11.7. The van der Waals surface area contributed by atoms with Crippen molar-refractivity contribution in [2.45, 2.75) is 143 Å². The van der Waals surface area contributed by atoms with Crippen molar-refractivity contribution >= 4 is 5.97 Å². The predicted molar refractivity (Wildman–Crippen MR) is 187 cm³/mol. The molecule has 0 spiro atoms. The maximum atomic E-state index is 15.7. The van der Waals surface area contributed by atoms with Gasteiger partial charge in [-0.1, -0.05) is 31.6 Å². The van der Waals surface area contributed by atoms with Crippen LogP contribution < -0.4 is 5.32 Å². The Morgan fingerprint density at radius 2 is 1.92 bits per heavy atom. The maximum absolute atomic E-state index is 15.7. The summed E-state index contributed by atoms with van der Waals surface area (Å²) in [5, 5.41) is 3.41. The summed E-state index contributed by atoms with van der Waals surface area (Å²) in [4.78, 5) is 19.8. The molecule has 3 aliphatic heterocycles. The number of rotatable bonds is 12. The highest BCUT2D eigenvalue weighted by atomic mass is 19.3. The highest BCUT2D eigenvalue weighted by Crippen LogP contribution is 2.42. The minimum atomic E-state index is -2.89. The van der Waals surface area contributed by atoms with Gasteiger partial charge in [-0.15, -0.1) is 0 Å². The molecule has 2 saturated heterocycles. The quantitative estimate of drug-likeness (QED) is 0.135. The van der Waals surface area contributed by atoms with E-state index in [9.17, 15) is 9.18 Å². The van der Waals surface area contributed by atoms with Gasteiger partial charge in [0.15, 0.2) is 0 Å². The van der Waals surface area contributed by atoms with E-state index >= 15 is 8.78 Å². The van der Waals surface area contributed by atoms with Gasteiger partial charge < -0.3 is 14.8 Å². The number of ether oxygens (including phenoxy) is 2. The van der Waals surface area contributed by atoms with Gasteiger partial charge in [0.2, 0.25) is 0 Å². The molecule has 0 aliphatic carbocycles.